The summed E-state index contributed by atoms with van der Waals surface area (Å²) in [6.07, 6.45) is 4.09. The first-order chi connectivity index (χ1) is 26.2. The minimum Gasteiger partial charge on any atom is -0.494 e. The van der Waals surface area contributed by atoms with Gasteiger partial charge in [-0.1, -0.05) is 49.2 Å². The van der Waals surface area contributed by atoms with E-state index in [0.717, 1.165) is 41.9 Å². The van der Waals surface area contributed by atoms with Gasteiger partial charge >= 0.3 is 0 Å². The molecule has 1 saturated heterocycles. The maximum absolute atomic E-state index is 13.5. The Labute approximate surface area is 312 Å². The predicted octanol–water partition coefficient (Wildman–Crippen LogP) is 2.13. The molecule has 15 nitrogen and oxygen atoms in total. The van der Waals surface area contributed by atoms with E-state index in [1.165, 1.54) is 12.1 Å². The number of piperidine rings is 1. The van der Waals surface area contributed by atoms with Crippen molar-refractivity contribution >= 4 is 35.4 Å². The lowest BCUT2D eigenvalue weighted by atomic mass is 9.91. The van der Waals surface area contributed by atoms with E-state index in [2.05, 4.69) is 21.3 Å². The molecule has 286 valence electrons. The first kappa shape index (κ1) is 39.7. The van der Waals surface area contributed by atoms with E-state index >= 15 is 0 Å². The maximum atomic E-state index is 13.5. The molecule has 2 heterocycles. The minimum absolute atomic E-state index is 0.0431. The van der Waals surface area contributed by atoms with Gasteiger partial charge in [0.15, 0.2) is 0 Å². The molecular weight excluding hydrogens is 696 g/mol. The molecule has 3 aromatic rings. The molecule has 6 amide bonds. The molecule has 3 unspecified atom stereocenters. The molecule has 0 saturated carbocycles. The van der Waals surface area contributed by atoms with Crippen LogP contribution >= 0.6 is 0 Å². The summed E-state index contributed by atoms with van der Waals surface area (Å²) in [6, 6.07) is 18.6. The van der Waals surface area contributed by atoms with E-state index in [9.17, 15) is 33.9 Å². The number of carbonyl (C=O) groups is 6. The Morgan fingerprint density at radius 2 is 1.61 bits per heavy atom. The fourth-order valence-electron chi connectivity index (χ4n) is 6.45. The number of hydrogen-bond acceptors (Lipinski definition) is 11. The summed E-state index contributed by atoms with van der Waals surface area (Å²) in [6.45, 7) is 1.65. The van der Waals surface area contributed by atoms with E-state index in [1.54, 1.807) is 41.9 Å². The van der Waals surface area contributed by atoms with Gasteiger partial charge in [-0.05, 0) is 79.6 Å². The van der Waals surface area contributed by atoms with Crippen molar-refractivity contribution in [2.75, 3.05) is 26.2 Å². The number of fused-ring (bicyclic) bond motifs is 1. The normalized spacial score (nSPS) is 17.4. The highest BCUT2D eigenvalue weighted by molar-refractivity contribution is 6.15. The average Bonchev–Trinajstić information content (AvgIpc) is 3.18. The van der Waals surface area contributed by atoms with Crippen LogP contribution in [0.5, 0.6) is 5.75 Å². The van der Waals surface area contributed by atoms with Crippen LogP contribution < -0.4 is 31.5 Å². The molecule has 0 bridgehead atoms. The van der Waals surface area contributed by atoms with Crippen LogP contribution in [0.25, 0.3) is 0 Å². The van der Waals surface area contributed by atoms with Crippen LogP contribution in [0.1, 0.15) is 93.2 Å². The van der Waals surface area contributed by atoms with Crippen LogP contribution in [-0.2, 0) is 20.8 Å². The number of rotatable bonds is 19. The number of ether oxygens (including phenoxy) is 1. The maximum Gasteiger partial charge on any atom is 0.274 e. The number of nitrogens with zero attached hydrogens (tertiary/aromatic N) is 1. The zero-order chi connectivity index (χ0) is 38.5. The Morgan fingerprint density at radius 1 is 0.870 bits per heavy atom. The molecule has 54 heavy (non-hydrogen) atoms. The van der Waals surface area contributed by atoms with E-state index in [-0.39, 0.29) is 24.3 Å². The number of aliphatic hydroxyl groups excluding tert-OH is 1. The molecule has 15 heteroatoms. The molecule has 2 aliphatic heterocycles. The highest BCUT2D eigenvalue weighted by atomic mass is 16.5. The number of aliphatic hydroxyl groups is 1. The van der Waals surface area contributed by atoms with Crippen LogP contribution in [0.4, 0.5) is 0 Å². The Bertz CT molecular complexity index is 1820. The van der Waals surface area contributed by atoms with Crippen LogP contribution in [-0.4, -0.2) is 89.2 Å². The fourth-order valence-corrected chi connectivity index (χ4v) is 6.45. The minimum atomic E-state index is -1.05. The van der Waals surface area contributed by atoms with Crippen LogP contribution in [0.2, 0.25) is 0 Å². The number of imide groups is 2. The lowest BCUT2D eigenvalue weighted by molar-refractivity contribution is -0.144. The molecule has 7 N–H and O–H groups in total. The van der Waals surface area contributed by atoms with Crippen LogP contribution in [0.3, 0.4) is 0 Å². The Balaban J connectivity index is 0.929. The second kappa shape index (κ2) is 19.6. The zero-order valence-corrected chi connectivity index (χ0v) is 29.8. The zero-order valence-electron chi connectivity index (χ0n) is 29.8. The third-order valence-corrected chi connectivity index (χ3v) is 9.33. The fraction of sp³-hybridized carbons (Fsp3) is 0.385. The number of hydroxylamine groups is 1. The van der Waals surface area contributed by atoms with Crippen molar-refractivity contribution in [3.63, 3.8) is 0 Å². The van der Waals surface area contributed by atoms with Crippen molar-refractivity contribution in [2.24, 2.45) is 0 Å². The molecular formula is C39H46N6O9. The summed E-state index contributed by atoms with van der Waals surface area (Å²) >= 11 is 0. The third-order valence-electron chi connectivity index (χ3n) is 9.33. The number of carbonyl (C=O) groups excluding carboxylic acids is 6. The summed E-state index contributed by atoms with van der Waals surface area (Å²) in [5.41, 5.74) is 3.93. The molecule has 3 aromatic carbocycles. The summed E-state index contributed by atoms with van der Waals surface area (Å²) in [7, 11) is 0. The van der Waals surface area contributed by atoms with E-state index in [0.29, 0.717) is 55.8 Å². The van der Waals surface area contributed by atoms with Gasteiger partial charge < -0.3 is 20.5 Å². The number of amides is 6. The highest BCUT2D eigenvalue weighted by Gasteiger charge is 2.45. The summed E-state index contributed by atoms with van der Waals surface area (Å²) in [4.78, 5) is 75.8. The third kappa shape index (κ3) is 10.6. The molecule has 0 radical (unpaired) electrons. The number of nitrogens with one attached hydrogen (secondary N) is 5. The monoisotopic (exact) mass is 742 g/mol. The number of hydrogen-bond donors (Lipinski definition) is 7. The van der Waals surface area contributed by atoms with Crippen molar-refractivity contribution in [1.82, 2.24) is 31.6 Å². The summed E-state index contributed by atoms with van der Waals surface area (Å²) in [5.74, 6) is -2.45. The summed E-state index contributed by atoms with van der Waals surface area (Å²) < 4.78 is 5.86. The average molecular weight is 743 g/mol. The molecule has 0 aliphatic carbocycles. The van der Waals surface area contributed by atoms with Gasteiger partial charge in [-0.15, -0.1) is 0 Å². The van der Waals surface area contributed by atoms with Crippen molar-refractivity contribution in [2.45, 2.75) is 69.7 Å². The Hall–Kier alpha value is -5.48. The molecule has 1 fully saturated rings. The molecule has 2 aliphatic rings. The van der Waals surface area contributed by atoms with Gasteiger partial charge in [-0.25, -0.2) is 5.48 Å². The Kier molecular flexibility index (Phi) is 14.4. The van der Waals surface area contributed by atoms with E-state index in [1.807, 2.05) is 24.3 Å². The highest BCUT2D eigenvalue weighted by Crippen LogP contribution is 2.30. The van der Waals surface area contributed by atoms with Crippen molar-refractivity contribution < 1.29 is 43.8 Å². The number of benzene rings is 3. The Morgan fingerprint density at radius 3 is 2.37 bits per heavy atom. The van der Waals surface area contributed by atoms with Gasteiger partial charge in [0, 0.05) is 42.7 Å². The second-order valence-corrected chi connectivity index (χ2v) is 13.1. The molecule has 5 rings (SSSR count). The quantitative estimate of drug-likeness (QED) is 0.0311. The molecule has 0 spiro atoms. The lowest BCUT2D eigenvalue weighted by Gasteiger charge is -2.38. The van der Waals surface area contributed by atoms with Gasteiger partial charge in [0.25, 0.3) is 23.6 Å². The largest absolute Gasteiger partial charge is 0.494 e. The van der Waals surface area contributed by atoms with Gasteiger partial charge in [0.1, 0.15) is 24.1 Å². The first-order valence-corrected chi connectivity index (χ1v) is 18.2. The smallest absolute Gasteiger partial charge is 0.274 e. The lowest BCUT2D eigenvalue weighted by Crippen LogP contribution is -2.60. The van der Waals surface area contributed by atoms with Crippen molar-refractivity contribution in [3.8, 4) is 5.75 Å². The van der Waals surface area contributed by atoms with Gasteiger partial charge in [-0.2, -0.15) is 0 Å². The predicted molar refractivity (Wildman–Crippen MR) is 195 cm³/mol. The SMILES string of the molecule is O=C1CCC(N2C(=O)c3ccccc3C(NCCNC(O)CCCCCCOc3ccc(CCNC(=O)c4cccc(C(=O)NO)c4)cc3)C2=O)C(=O)N1. The standard InChI is InChI=1S/C39H46N6O9/c46-32(40-21-22-41-34-29-10-4-5-11-30(29)38(51)45(39(34)52)31-17-18-33(47)43-37(31)50)12-3-1-2-6-23-54-28-15-13-25(14-16-28)19-20-42-35(48)26-8-7-9-27(24-26)36(49)44-53/h4-5,7-11,13-16,24,31-32,34,40-41,46,53H,1-3,6,12,17-23H2,(H,42,48)(H,44,49)(H,43,47,50). The second-order valence-electron chi connectivity index (χ2n) is 13.1. The summed E-state index contributed by atoms with van der Waals surface area (Å²) in [5, 5.41) is 30.5. The van der Waals surface area contributed by atoms with Gasteiger partial charge in [0.05, 0.1) is 6.61 Å². The van der Waals surface area contributed by atoms with Crippen LogP contribution in [0, 0.1) is 0 Å². The van der Waals surface area contributed by atoms with Gasteiger partial charge in [0.2, 0.25) is 11.8 Å². The van der Waals surface area contributed by atoms with Crippen LogP contribution in [0.15, 0.2) is 72.8 Å². The van der Waals surface area contributed by atoms with Gasteiger partial charge in [-0.3, -0.25) is 49.5 Å². The number of unbranched alkanes of at least 4 members (excludes halogenated alkanes) is 3. The topological polar surface area (TPSA) is 215 Å². The van der Waals surface area contributed by atoms with E-state index < -0.39 is 47.8 Å². The van der Waals surface area contributed by atoms with E-state index in [4.69, 9.17) is 9.94 Å². The molecule has 3 atom stereocenters. The first-order valence-electron chi connectivity index (χ1n) is 18.2. The van der Waals surface area contributed by atoms with Crippen molar-refractivity contribution in [1.29, 1.82) is 0 Å². The molecule has 0 aromatic heterocycles. The van der Waals surface area contributed by atoms with Crippen molar-refractivity contribution in [3.05, 3.63) is 101 Å².